The van der Waals surface area contributed by atoms with Gasteiger partial charge in [-0.05, 0) is 28.8 Å². The van der Waals surface area contributed by atoms with Gasteiger partial charge < -0.3 is 14.2 Å². The Labute approximate surface area is 118 Å². The molecule has 1 fully saturated rings. The molecule has 1 aromatic rings. The number of rotatable bonds is 3. The number of benzene rings is 1. The molecule has 0 saturated heterocycles. The third-order valence-electron chi connectivity index (χ3n) is 3.39. The number of nitrogens with zero attached hydrogens (tertiary/aromatic N) is 1. The van der Waals surface area contributed by atoms with Crippen LogP contribution in [0.25, 0.3) is 0 Å². The number of methoxy groups -OCH3 is 1. The van der Waals surface area contributed by atoms with Crippen molar-refractivity contribution in [3.05, 3.63) is 16.1 Å². The Kier molecular flexibility index (Phi) is 2.99. The van der Waals surface area contributed by atoms with Crippen LogP contribution >= 0.6 is 15.9 Å². The predicted molar refractivity (Wildman–Crippen MR) is 70.7 cm³/mol. The monoisotopic (exact) mass is 325 g/mol. The molecule has 0 bridgehead atoms. The molecule has 0 amide bonds. The molecule has 1 aliphatic heterocycles. The van der Waals surface area contributed by atoms with Gasteiger partial charge in [-0.25, -0.2) is 4.79 Å². The Morgan fingerprint density at radius 2 is 2.16 bits per heavy atom. The maximum Gasteiger partial charge on any atom is 0.235 e. The van der Waals surface area contributed by atoms with Crippen molar-refractivity contribution in [2.24, 2.45) is 4.99 Å². The van der Waals surface area contributed by atoms with E-state index in [-0.39, 0.29) is 0 Å². The van der Waals surface area contributed by atoms with Gasteiger partial charge in [0.15, 0.2) is 11.5 Å². The Morgan fingerprint density at radius 1 is 1.42 bits per heavy atom. The Morgan fingerprint density at radius 3 is 2.79 bits per heavy atom. The van der Waals surface area contributed by atoms with Gasteiger partial charge in [-0.1, -0.05) is 0 Å². The Balaban J connectivity index is 2.25. The van der Waals surface area contributed by atoms with Crippen LogP contribution in [0.3, 0.4) is 0 Å². The zero-order chi connectivity index (χ0) is 13.5. The number of isocyanates is 1. The highest BCUT2D eigenvalue weighted by Crippen LogP contribution is 2.59. The highest BCUT2D eigenvalue weighted by atomic mass is 79.9. The van der Waals surface area contributed by atoms with Gasteiger partial charge in [0.05, 0.1) is 17.1 Å². The molecule has 0 unspecified atom stereocenters. The fourth-order valence-electron chi connectivity index (χ4n) is 2.38. The number of aliphatic imine (C=N–C) groups is 1. The van der Waals surface area contributed by atoms with Crippen LogP contribution in [0.15, 0.2) is 15.5 Å². The molecule has 0 N–H and O–H groups in total. The predicted octanol–water partition coefficient (Wildman–Crippen LogP) is 2.55. The van der Waals surface area contributed by atoms with E-state index in [1.165, 1.54) is 0 Å². The lowest BCUT2D eigenvalue weighted by Crippen LogP contribution is -2.19. The summed E-state index contributed by atoms with van der Waals surface area (Å²) < 4.78 is 17.5. The largest absolute Gasteiger partial charge is 0.495 e. The summed E-state index contributed by atoms with van der Waals surface area (Å²) in [5.74, 6) is 1.92. The first-order chi connectivity index (χ1) is 9.22. The van der Waals surface area contributed by atoms with E-state index in [9.17, 15) is 4.79 Å². The quantitative estimate of drug-likeness (QED) is 0.633. The topological polar surface area (TPSA) is 57.1 Å². The average Bonchev–Trinajstić information content (AvgIpc) is 3.18. The molecule has 0 spiro atoms. The van der Waals surface area contributed by atoms with Crippen molar-refractivity contribution in [2.45, 2.75) is 18.4 Å². The first kappa shape index (κ1) is 12.5. The summed E-state index contributed by atoms with van der Waals surface area (Å²) >= 11 is 3.46. The molecule has 0 aromatic heterocycles. The zero-order valence-corrected chi connectivity index (χ0v) is 11.9. The van der Waals surface area contributed by atoms with Gasteiger partial charge >= 0.3 is 0 Å². The van der Waals surface area contributed by atoms with Gasteiger partial charge in [-0.3, -0.25) is 0 Å². The molecule has 1 heterocycles. The lowest BCUT2D eigenvalue weighted by molar-refractivity contribution is 0.167. The molecule has 2 aliphatic rings. The molecule has 6 heteroatoms. The maximum atomic E-state index is 10.7. The van der Waals surface area contributed by atoms with Crippen molar-refractivity contribution in [3.63, 3.8) is 0 Å². The second-order valence-corrected chi connectivity index (χ2v) is 5.38. The molecule has 5 nitrogen and oxygen atoms in total. The molecule has 1 aromatic carbocycles. The fraction of sp³-hybridized carbons (Fsp3) is 0.462. The van der Waals surface area contributed by atoms with Crippen LogP contribution in [0.5, 0.6) is 17.2 Å². The van der Waals surface area contributed by atoms with Gasteiger partial charge in [-0.15, -0.1) is 0 Å². The molecule has 0 radical (unpaired) electrons. The van der Waals surface area contributed by atoms with Crippen molar-refractivity contribution >= 4 is 22.0 Å². The SMILES string of the molecule is COc1c(Br)cc2c(c1C1(N=C=O)CC1)OCCO2. The van der Waals surface area contributed by atoms with Crippen LogP contribution < -0.4 is 14.2 Å². The van der Waals surface area contributed by atoms with Crippen LogP contribution in [0.1, 0.15) is 18.4 Å². The average molecular weight is 326 g/mol. The number of ether oxygens (including phenoxy) is 3. The minimum absolute atomic E-state index is 0.478. The van der Waals surface area contributed by atoms with E-state index in [1.54, 1.807) is 13.2 Å². The van der Waals surface area contributed by atoms with Crippen LogP contribution in [0.4, 0.5) is 0 Å². The molecule has 3 rings (SSSR count). The lowest BCUT2D eigenvalue weighted by Gasteiger charge is -2.25. The second kappa shape index (κ2) is 4.54. The summed E-state index contributed by atoms with van der Waals surface area (Å²) in [5, 5.41) is 0. The fourth-order valence-corrected chi connectivity index (χ4v) is 2.95. The molecular weight excluding hydrogens is 314 g/mol. The normalized spacial score (nSPS) is 18.4. The molecule has 1 saturated carbocycles. The minimum Gasteiger partial charge on any atom is -0.495 e. The number of halogens is 1. The van der Waals surface area contributed by atoms with E-state index in [0.29, 0.717) is 30.5 Å². The molecule has 19 heavy (non-hydrogen) atoms. The van der Waals surface area contributed by atoms with Crippen LogP contribution in [0, 0.1) is 0 Å². The number of hydrogen-bond donors (Lipinski definition) is 0. The maximum absolute atomic E-state index is 10.7. The Hall–Kier alpha value is -1.52. The van der Waals surface area contributed by atoms with Crippen molar-refractivity contribution in [2.75, 3.05) is 20.3 Å². The molecule has 0 atom stereocenters. The first-order valence-electron chi connectivity index (χ1n) is 5.97. The minimum atomic E-state index is -0.568. The van der Waals surface area contributed by atoms with Gasteiger partial charge in [0.25, 0.3) is 0 Å². The van der Waals surface area contributed by atoms with Gasteiger partial charge in [0.1, 0.15) is 24.5 Å². The lowest BCUT2D eigenvalue weighted by atomic mass is 10.0. The van der Waals surface area contributed by atoms with Crippen LogP contribution in [-0.2, 0) is 10.3 Å². The number of carbonyl (C=O) groups excluding carboxylic acids is 1. The summed E-state index contributed by atoms with van der Waals surface area (Å²) in [6.07, 6.45) is 3.22. The van der Waals surface area contributed by atoms with Crippen molar-refractivity contribution in [3.8, 4) is 17.2 Å². The summed E-state index contributed by atoms with van der Waals surface area (Å²) in [6, 6.07) is 1.82. The van der Waals surface area contributed by atoms with E-state index < -0.39 is 5.54 Å². The summed E-state index contributed by atoms with van der Waals surface area (Å²) in [7, 11) is 1.58. The standard InChI is InChI=1S/C13H12BrNO4/c1-17-11-8(14)6-9-12(19-5-4-18-9)10(11)13(2-3-13)15-7-16/h6H,2-5H2,1H3. The highest BCUT2D eigenvalue weighted by molar-refractivity contribution is 9.10. The van der Waals surface area contributed by atoms with E-state index in [0.717, 1.165) is 22.9 Å². The molecule has 1 aliphatic carbocycles. The third-order valence-corrected chi connectivity index (χ3v) is 3.98. The molecule has 100 valence electrons. The van der Waals surface area contributed by atoms with Crippen LogP contribution in [0.2, 0.25) is 0 Å². The van der Waals surface area contributed by atoms with Gasteiger partial charge in [-0.2, -0.15) is 4.99 Å². The first-order valence-corrected chi connectivity index (χ1v) is 6.77. The molecular formula is C13H12BrNO4. The smallest absolute Gasteiger partial charge is 0.235 e. The third kappa shape index (κ3) is 1.91. The van der Waals surface area contributed by atoms with Crippen molar-refractivity contribution in [1.82, 2.24) is 0 Å². The van der Waals surface area contributed by atoms with E-state index in [4.69, 9.17) is 14.2 Å². The summed E-state index contributed by atoms with van der Waals surface area (Å²) in [6.45, 7) is 0.987. The van der Waals surface area contributed by atoms with Crippen LogP contribution in [-0.4, -0.2) is 26.4 Å². The Bertz CT molecular complexity index is 576. The highest BCUT2D eigenvalue weighted by Gasteiger charge is 2.50. The van der Waals surface area contributed by atoms with Gasteiger partial charge in [0, 0.05) is 6.07 Å². The summed E-state index contributed by atoms with van der Waals surface area (Å²) in [5.41, 5.74) is 0.212. The zero-order valence-electron chi connectivity index (χ0n) is 10.4. The van der Waals surface area contributed by atoms with E-state index in [2.05, 4.69) is 20.9 Å². The van der Waals surface area contributed by atoms with Crippen molar-refractivity contribution in [1.29, 1.82) is 0 Å². The van der Waals surface area contributed by atoms with E-state index >= 15 is 0 Å². The van der Waals surface area contributed by atoms with Gasteiger partial charge in [0.2, 0.25) is 6.08 Å². The van der Waals surface area contributed by atoms with E-state index in [1.807, 2.05) is 6.07 Å². The number of fused-ring (bicyclic) bond motifs is 1. The summed E-state index contributed by atoms with van der Waals surface area (Å²) in [4.78, 5) is 14.6. The van der Waals surface area contributed by atoms with Crippen molar-refractivity contribution < 1.29 is 19.0 Å². The second-order valence-electron chi connectivity index (χ2n) is 4.53. The number of hydrogen-bond acceptors (Lipinski definition) is 5.